The van der Waals surface area contributed by atoms with Gasteiger partial charge in [-0.2, -0.15) is 5.10 Å². The molecule has 0 saturated carbocycles. The van der Waals surface area contributed by atoms with Gasteiger partial charge in [0.1, 0.15) is 5.82 Å². The normalized spacial score (nSPS) is 18.4. The molecule has 1 saturated heterocycles. The van der Waals surface area contributed by atoms with E-state index in [1.54, 1.807) is 35.0 Å². The molecule has 0 bridgehead atoms. The molecule has 1 aromatic carbocycles. The summed E-state index contributed by atoms with van der Waals surface area (Å²) in [6, 6.07) is 5.62. The third-order valence-corrected chi connectivity index (χ3v) is 4.64. The minimum absolute atomic E-state index is 0.0444. The Kier molecular flexibility index (Phi) is 5.03. The van der Waals surface area contributed by atoms with E-state index in [-0.39, 0.29) is 17.9 Å². The van der Waals surface area contributed by atoms with Crippen LogP contribution in [-0.4, -0.2) is 38.4 Å². The summed E-state index contributed by atoms with van der Waals surface area (Å²) in [5.41, 5.74) is 2.12. The Morgan fingerprint density at radius 1 is 1.44 bits per heavy atom. The Bertz CT molecular complexity index is 744. The van der Waals surface area contributed by atoms with E-state index >= 15 is 0 Å². The number of aliphatic hydroxyl groups is 1. The number of amides is 2. The van der Waals surface area contributed by atoms with Gasteiger partial charge < -0.3 is 15.3 Å². The Balaban J connectivity index is 1.64. The Hall–Kier alpha value is -2.41. The SMILES string of the molecule is Cc1nn(C)cc1NC(=O)N1CCC[C@H]1C[C@H](O)c1ccc(F)cc1. The van der Waals surface area contributed by atoms with Crippen molar-refractivity contribution >= 4 is 11.7 Å². The average molecular weight is 346 g/mol. The number of aromatic nitrogens is 2. The first-order valence-corrected chi connectivity index (χ1v) is 8.45. The molecule has 25 heavy (non-hydrogen) atoms. The predicted molar refractivity (Wildman–Crippen MR) is 92.7 cm³/mol. The molecule has 2 N–H and O–H groups in total. The van der Waals surface area contributed by atoms with Crippen molar-refractivity contribution in [2.75, 3.05) is 11.9 Å². The van der Waals surface area contributed by atoms with Crippen LogP contribution < -0.4 is 5.32 Å². The summed E-state index contributed by atoms with van der Waals surface area (Å²) in [7, 11) is 1.81. The van der Waals surface area contributed by atoms with E-state index in [9.17, 15) is 14.3 Å². The first kappa shape index (κ1) is 17.4. The van der Waals surface area contributed by atoms with Crippen molar-refractivity contribution in [3.63, 3.8) is 0 Å². The predicted octanol–water partition coefficient (Wildman–Crippen LogP) is 2.99. The van der Waals surface area contributed by atoms with E-state index in [4.69, 9.17) is 0 Å². The van der Waals surface area contributed by atoms with E-state index < -0.39 is 6.10 Å². The Morgan fingerprint density at radius 3 is 2.80 bits per heavy atom. The molecular formula is C18H23FN4O2. The number of benzene rings is 1. The summed E-state index contributed by atoms with van der Waals surface area (Å²) in [5, 5.41) is 17.5. The number of likely N-dealkylation sites (tertiary alicyclic amines) is 1. The molecule has 0 unspecified atom stereocenters. The largest absolute Gasteiger partial charge is 0.388 e. The number of nitrogens with zero attached hydrogens (tertiary/aromatic N) is 3. The highest BCUT2D eigenvalue weighted by molar-refractivity contribution is 5.90. The van der Waals surface area contributed by atoms with Crippen LogP contribution >= 0.6 is 0 Å². The topological polar surface area (TPSA) is 70.4 Å². The zero-order valence-corrected chi connectivity index (χ0v) is 14.4. The molecule has 0 radical (unpaired) electrons. The summed E-state index contributed by atoms with van der Waals surface area (Å²) in [6.07, 6.45) is 3.23. The van der Waals surface area contributed by atoms with E-state index in [2.05, 4.69) is 10.4 Å². The zero-order valence-electron chi connectivity index (χ0n) is 14.4. The van der Waals surface area contributed by atoms with Gasteiger partial charge in [0.2, 0.25) is 0 Å². The summed E-state index contributed by atoms with van der Waals surface area (Å²) < 4.78 is 14.7. The molecule has 134 valence electrons. The van der Waals surface area contributed by atoms with Gasteiger partial charge in [-0.1, -0.05) is 12.1 Å². The summed E-state index contributed by atoms with van der Waals surface area (Å²) in [5.74, 6) is -0.329. The number of carbonyl (C=O) groups is 1. The fraction of sp³-hybridized carbons (Fsp3) is 0.444. The molecule has 1 aliphatic rings. The van der Waals surface area contributed by atoms with Crippen LogP contribution in [0.2, 0.25) is 0 Å². The van der Waals surface area contributed by atoms with Crippen LogP contribution in [0.5, 0.6) is 0 Å². The second kappa shape index (κ2) is 7.23. The van der Waals surface area contributed by atoms with Crippen LogP contribution in [0.3, 0.4) is 0 Å². The van der Waals surface area contributed by atoms with Crippen molar-refractivity contribution in [2.45, 2.75) is 38.3 Å². The molecule has 2 atom stereocenters. The highest BCUT2D eigenvalue weighted by Gasteiger charge is 2.31. The fourth-order valence-corrected chi connectivity index (χ4v) is 3.34. The van der Waals surface area contributed by atoms with Crippen LogP contribution in [0.25, 0.3) is 0 Å². The van der Waals surface area contributed by atoms with Crippen LogP contribution in [0.1, 0.15) is 36.6 Å². The Labute approximate surface area is 146 Å². The van der Waals surface area contributed by atoms with Crippen LogP contribution in [-0.2, 0) is 7.05 Å². The monoisotopic (exact) mass is 346 g/mol. The number of aryl methyl sites for hydroxylation is 2. The molecule has 1 fully saturated rings. The lowest BCUT2D eigenvalue weighted by molar-refractivity contribution is 0.129. The van der Waals surface area contributed by atoms with Gasteiger partial charge >= 0.3 is 6.03 Å². The first-order valence-electron chi connectivity index (χ1n) is 8.45. The maximum absolute atomic E-state index is 13.0. The van der Waals surface area contributed by atoms with Crippen molar-refractivity contribution < 1.29 is 14.3 Å². The second-order valence-electron chi connectivity index (χ2n) is 6.52. The lowest BCUT2D eigenvalue weighted by atomic mass is 10.0. The summed E-state index contributed by atoms with van der Waals surface area (Å²) >= 11 is 0. The highest BCUT2D eigenvalue weighted by Crippen LogP contribution is 2.28. The van der Waals surface area contributed by atoms with Crippen molar-refractivity contribution in [2.24, 2.45) is 7.05 Å². The number of aliphatic hydroxyl groups excluding tert-OH is 1. The quantitative estimate of drug-likeness (QED) is 0.894. The zero-order chi connectivity index (χ0) is 18.0. The van der Waals surface area contributed by atoms with Crippen molar-refractivity contribution in [1.82, 2.24) is 14.7 Å². The van der Waals surface area contributed by atoms with E-state index in [0.29, 0.717) is 24.2 Å². The standard InChI is InChI=1S/C18H23FN4O2/c1-12-16(11-22(2)21-12)20-18(25)23-9-3-4-15(23)10-17(24)13-5-7-14(19)8-6-13/h5-8,11,15,17,24H,3-4,9-10H2,1-2H3,(H,20,25)/t15-,17-/m0/s1. The van der Waals surface area contributed by atoms with E-state index in [0.717, 1.165) is 18.5 Å². The number of anilines is 1. The number of hydrogen-bond acceptors (Lipinski definition) is 3. The molecule has 2 heterocycles. The maximum Gasteiger partial charge on any atom is 0.322 e. The molecular weight excluding hydrogens is 323 g/mol. The van der Waals surface area contributed by atoms with Gasteiger partial charge in [-0.05, 0) is 43.9 Å². The van der Waals surface area contributed by atoms with Gasteiger partial charge in [-0.15, -0.1) is 0 Å². The lowest BCUT2D eigenvalue weighted by Crippen LogP contribution is -2.39. The number of urea groups is 1. The Morgan fingerprint density at radius 2 is 2.16 bits per heavy atom. The van der Waals surface area contributed by atoms with E-state index in [1.165, 1.54) is 12.1 Å². The minimum atomic E-state index is -0.723. The number of carbonyl (C=O) groups excluding carboxylic acids is 1. The summed E-state index contributed by atoms with van der Waals surface area (Å²) in [6.45, 7) is 2.50. The van der Waals surface area contributed by atoms with Gasteiger partial charge in [0.05, 0.1) is 17.5 Å². The van der Waals surface area contributed by atoms with Gasteiger partial charge in [0.15, 0.2) is 0 Å². The summed E-state index contributed by atoms with van der Waals surface area (Å²) in [4.78, 5) is 14.4. The molecule has 6 nitrogen and oxygen atoms in total. The van der Waals surface area contributed by atoms with Crippen LogP contribution in [0, 0.1) is 12.7 Å². The fourth-order valence-electron chi connectivity index (χ4n) is 3.34. The molecule has 0 spiro atoms. The van der Waals surface area contributed by atoms with E-state index in [1.807, 2.05) is 6.92 Å². The van der Waals surface area contributed by atoms with Crippen molar-refractivity contribution in [1.29, 1.82) is 0 Å². The molecule has 2 amide bonds. The minimum Gasteiger partial charge on any atom is -0.388 e. The number of nitrogens with one attached hydrogen (secondary N) is 1. The molecule has 7 heteroatoms. The number of rotatable bonds is 4. The van der Waals surface area contributed by atoms with Gasteiger partial charge in [0.25, 0.3) is 0 Å². The molecule has 2 aromatic rings. The molecule has 3 rings (SSSR count). The third-order valence-electron chi connectivity index (χ3n) is 4.64. The van der Waals surface area contributed by atoms with Crippen molar-refractivity contribution in [3.8, 4) is 0 Å². The van der Waals surface area contributed by atoms with Crippen LogP contribution in [0.4, 0.5) is 14.9 Å². The molecule has 0 aliphatic carbocycles. The van der Waals surface area contributed by atoms with Crippen molar-refractivity contribution in [3.05, 3.63) is 47.5 Å². The molecule has 1 aromatic heterocycles. The first-order chi connectivity index (χ1) is 11.9. The van der Waals surface area contributed by atoms with Gasteiger partial charge in [0, 0.05) is 25.8 Å². The number of hydrogen-bond donors (Lipinski definition) is 2. The lowest BCUT2D eigenvalue weighted by Gasteiger charge is -2.26. The second-order valence-corrected chi connectivity index (χ2v) is 6.52. The highest BCUT2D eigenvalue weighted by atomic mass is 19.1. The average Bonchev–Trinajstić information content (AvgIpc) is 3.14. The van der Waals surface area contributed by atoms with Crippen LogP contribution in [0.15, 0.2) is 30.5 Å². The smallest absolute Gasteiger partial charge is 0.322 e. The number of halogens is 1. The van der Waals surface area contributed by atoms with Gasteiger partial charge in [-0.3, -0.25) is 4.68 Å². The van der Waals surface area contributed by atoms with Gasteiger partial charge in [-0.25, -0.2) is 9.18 Å². The molecule has 1 aliphatic heterocycles. The maximum atomic E-state index is 13.0. The third kappa shape index (κ3) is 3.99.